The van der Waals surface area contributed by atoms with Gasteiger partial charge in [-0.3, -0.25) is 4.79 Å². The van der Waals surface area contributed by atoms with Crippen LogP contribution in [-0.2, 0) is 28.3 Å². The highest BCUT2D eigenvalue weighted by Crippen LogP contribution is 2.59. The van der Waals surface area contributed by atoms with Crippen LogP contribution in [0.15, 0.2) is 11.8 Å². The zero-order valence-electron chi connectivity index (χ0n) is 17.3. The summed E-state index contributed by atoms with van der Waals surface area (Å²) in [6.07, 6.45) is 1.19. The van der Waals surface area contributed by atoms with Crippen LogP contribution in [0.2, 0.25) is 18.1 Å². The van der Waals surface area contributed by atoms with Gasteiger partial charge in [-0.15, -0.1) is 0 Å². The molecule has 1 aliphatic heterocycles. The number of rotatable bonds is 4. The van der Waals surface area contributed by atoms with Crippen molar-refractivity contribution in [1.82, 2.24) is 0 Å². The van der Waals surface area contributed by atoms with Gasteiger partial charge < -0.3 is 13.3 Å². The van der Waals surface area contributed by atoms with Gasteiger partial charge in [-0.2, -0.15) is 21.6 Å². The second-order valence-corrected chi connectivity index (χ2v) is 16.1. The molecular formula is C18H27F3O6SSi. The summed E-state index contributed by atoms with van der Waals surface area (Å²) in [4.78, 5) is 12.5. The summed E-state index contributed by atoms with van der Waals surface area (Å²) in [6, 6.07) is 0. The number of halogens is 3. The van der Waals surface area contributed by atoms with E-state index in [1.165, 1.54) is 6.08 Å². The Morgan fingerprint density at radius 2 is 1.83 bits per heavy atom. The van der Waals surface area contributed by atoms with Crippen LogP contribution in [-0.4, -0.2) is 39.9 Å². The maximum absolute atomic E-state index is 12.9. The zero-order valence-corrected chi connectivity index (χ0v) is 19.1. The van der Waals surface area contributed by atoms with Crippen molar-refractivity contribution in [3.63, 3.8) is 0 Å². The Morgan fingerprint density at radius 1 is 1.24 bits per heavy atom. The molecular weight excluding hydrogens is 429 g/mol. The third-order valence-corrected chi connectivity index (χ3v) is 12.3. The lowest BCUT2D eigenvalue weighted by Gasteiger charge is -2.45. The quantitative estimate of drug-likeness (QED) is 0.274. The first-order valence-corrected chi connectivity index (χ1v) is 13.8. The van der Waals surface area contributed by atoms with Gasteiger partial charge in [0.05, 0.1) is 17.9 Å². The average molecular weight is 457 g/mol. The Morgan fingerprint density at radius 3 is 2.34 bits per heavy atom. The third kappa shape index (κ3) is 3.63. The maximum atomic E-state index is 12.9. The predicted molar refractivity (Wildman–Crippen MR) is 100 cm³/mol. The predicted octanol–water partition coefficient (Wildman–Crippen LogP) is 4.10. The molecule has 166 valence electrons. The van der Waals surface area contributed by atoms with E-state index in [0.717, 1.165) is 0 Å². The fraction of sp³-hybridized carbons (Fsp3) is 0.833. The van der Waals surface area contributed by atoms with Crippen molar-refractivity contribution in [3.05, 3.63) is 11.8 Å². The number of carbonyl (C=O) groups excluding carboxylic acids is 1. The molecule has 6 nitrogen and oxygen atoms in total. The molecule has 11 heteroatoms. The topological polar surface area (TPSA) is 78.9 Å². The van der Waals surface area contributed by atoms with Gasteiger partial charge >= 0.3 is 21.6 Å². The highest BCUT2D eigenvalue weighted by Gasteiger charge is 2.66. The molecule has 0 unspecified atom stereocenters. The van der Waals surface area contributed by atoms with Gasteiger partial charge in [-0.1, -0.05) is 20.8 Å². The first kappa shape index (κ1) is 22.6. The maximum Gasteiger partial charge on any atom is 0.534 e. The molecule has 2 aliphatic carbocycles. The Labute approximate surface area is 170 Å². The van der Waals surface area contributed by atoms with Crippen LogP contribution < -0.4 is 0 Å². The minimum Gasteiger partial charge on any atom is -0.458 e. The molecule has 1 saturated heterocycles. The molecule has 5 atom stereocenters. The van der Waals surface area contributed by atoms with E-state index in [1.807, 2.05) is 0 Å². The summed E-state index contributed by atoms with van der Waals surface area (Å²) in [6.45, 7) is 11.9. The van der Waals surface area contributed by atoms with Crippen LogP contribution in [0.4, 0.5) is 13.2 Å². The van der Waals surface area contributed by atoms with Crippen molar-refractivity contribution >= 4 is 24.4 Å². The van der Waals surface area contributed by atoms with Gasteiger partial charge in [0.1, 0.15) is 11.4 Å². The molecule has 3 rings (SSSR count). The number of ether oxygens (including phenoxy) is 1. The Kier molecular flexibility index (Phi) is 5.04. The zero-order chi connectivity index (χ0) is 22.2. The van der Waals surface area contributed by atoms with E-state index in [1.54, 1.807) is 6.92 Å². The summed E-state index contributed by atoms with van der Waals surface area (Å²) in [5.41, 5.74) is -6.72. The minimum absolute atomic E-state index is 0.0517. The molecule has 2 fully saturated rings. The molecule has 0 radical (unpaired) electrons. The largest absolute Gasteiger partial charge is 0.534 e. The van der Waals surface area contributed by atoms with E-state index in [-0.39, 0.29) is 23.6 Å². The number of esters is 1. The summed E-state index contributed by atoms with van der Waals surface area (Å²) in [5.74, 6) is -2.61. The Bertz CT molecular complexity index is 845. The molecule has 1 heterocycles. The van der Waals surface area contributed by atoms with Gasteiger partial charge in [-0.05, 0) is 37.6 Å². The molecule has 0 N–H and O–H groups in total. The molecule has 0 amide bonds. The van der Waals surface area contributed by atoms with Gasteiger partial charge in [0.25, 0.3) is 0 Å². The van der Waals surface area contributed by atoms with Gasteiger partial charge in [0.2, 0.25) is 0 Å². The number of allylic oxidation sites excluding steroid dienone is 1. The van der Waals surface area contributed by atoms with E-state index in [4.69, 9.17) is 9.16 Å². The monoisotopic (exact) mass is 456 g/mol. The lowest BCUT2D eigenvalue weighted by Crippen LogP contribution is -2.52. The highest BCUT2D eigenvalue weighted by atomic mass is 32.2. The molecule has 0 aromatic rings. The van der Waals surface area contributed by atoms with Crippen LogP contribution in [0.1, 0.15) is 40.5 Å². The molecule has 0 spiro atoms. The molecule has 3 aliphatic rings. The molecule has 1 saturated carbocycles. The van der Waals surface area contributed by atoms with Crippen LogP contribution >= 0.6 is 0 Å². The molecule has 0 aromatic heterocycles. The number of hydrogen-bond donors (Lipinski definition) is 0. The van der Waals surface area contributed by atoms with Gasteiger partial charge in [-0.25, -0.2) is 0 Å². The van der Waals surface area contributed by atoms with Gasteiger partial charge in [0, 0.05) is 12.3 Å². The molecule has 29 heavy (non-hydrogen) atoms. The van der Waals surface area contributed by atoms with Crippen molar-refractivity contribution in [2.24, 2.45) is 17.8 Å². The highest BCUT2D eigenvalue weighted by molar-refractivity contribution is 7.87. The molecule has 0 aromatic carbocycles. The smallest absolute Gasteiger partial charge is 0.458 e. The summed E-state index contributed by atoms with van der Waals surface area (Å²) < 4.78 is 78.4. The second-order valence-electron chi connectivity index (χ2n) is 9.84. The Hall–Kier alpha value is -1.07. The average Bonchev–Trinajstić information content (AvgIpc) is 2.71. The van der Waals surface area contributed by atoms with Crippen LogP contribution in [0, 0.1) is 17.8 Å². The number of alkyl halides is 3. The SMILES string of the molecule is CC(C)(C)[Si](C)(C)O[C@@H]1C[C@]2(C)OC(=O)[C@H]3CC=C(OS(=O)(=O)C(F)(F)F)[C@@H]2[C@H]31. The van der Waals surface area contributed by atoms with Crippen LogP contribution in [0.5, 0.6) is 0 Å². The lowest BCUT2D eigenvalue weighted by molar-refractivity contribution is -0.181. The van der Waals surface area contributed by atoms with Crippen molar-refractivity contribution < 1.29 is 39.7 Å². The van der Waals surface area contributed by atoms with E-state index in [0.29, 0.717) is 0 Å². The fourth-order valence-electron chi connectivity index (χ4n) is 4.39. The van der Waals surface area contributed by atoms with Gasteiger partial charge in [0.15, 0.2) is 8.32 Å². The van der Waals surface area contributed by atoms with Crippen molar-refractivity contribution in [2.45, 2.75) is 75.9 Å². The van der Waals surface area contributed by atoms with E-state index in [2.05, 4.69) is 38.0 Å². The van der Waals surface area contributed by atoms with E-state index in [9.17, 15) is 26.4 Å². The minimum atomic E-state index is -5.81. The lowest BCUT2D eigenvalue weighted by atomic mass is 9.71. The standard InChI is InChI=1S/C18H27F3O6SSi/c1-16(2,3)29(5,6)27-12-9-17(4)14-11(26-28(23,24)18(19,20)21)8-7-10(13(12)14)15(22)25-17/h8,10,12-14H,7,9H2,1-6H3/t10-,12+,13+,14+,17-/m0/s1. The third-order valence-electron chi connectivity index (χ3n) is 6.80. The number of carbonyl (C=O) groups is 1. The first-order chi connectivity index (χ1) is 12.9. The summed E-state index contributed by atoms with van der Waals surface area (Å²) >= 11 is 0. The van der Waals surface area contributed by atoms with Crippen LogP contribution in [0.25, 0.3) is 0 Å². The summed E-state index contributed by atoms with van der Waals surface area (Å²) in [5, 5.41) is -0.112. The van der Waals surface area contributed by atoms with E-state index >= 15 is 0 Å². The normalized spacial score (nSPS) is 35.2. The van der Waals surface area contributed by atoms with Crippen molar-refractivity contribution in [2.75, 3.05) is 0 Å². The Balaban J connectivity index is 1.98. The van der Waals surface area contributed by atoms with Crippen molar-refractivity contribution in [3.8, 4) is 0 Å². The molecule has 4 bridgehead atoms. The van der Waals surface area contributed by atoms with Crippen LogP contribution in [0.3, 0.4) is 0 Å². The van der Waals surface area contributed by atoms with Crippen molar-refractivity contribution in [1.29, 1.82) is 0 Å². The number of hydrogen-bond acceptors (Lipinski definition) is 6. The summed E-state index contributed by atoms with van der Waals surface area (Å²) in [7, 11) is -8.07. The fourth-order valence-corrected chi connectivity index (χ4v) is 6.26. The van der Waals surface area contributed by atoms with E-state index < -0.39 is 59.4 Å². The second kappa shape index (κ2) is 6.46. The first-order valence-electron chi connectivity index (χ1n) is 9.51.